The van der Waals surface area contributed by atoms with Crippen molar-refractivity contribution in [2.24, 2.45) is 0 Å². The molecule has 0 saturated carbocycles. The van der Waals surface area contributed by atoms with Gasteiger partial charge in [0, 0.05) is 38.5 Å². The topological polar surface area (TPSA) is 75.7 Å². The molecule has 2 aliphatic rings. The van der Waals surface area contributed by atoms with Crippen LogP contribution in [0.15, 0.2) is 59.4 Å². The fourth-order valence-corrected chi connectivity index (χ4v) is 6.20. The number of piperidine rings is 2. The third-order valence-corrected chi connectivity index (χ3v) is 8.33. The van der Waals surface area contributed by atoms with E-state index in [1.807, 2.05) is 51.8 Å². The third kappa shape index (κ3) is 4.97. The van der Waals surface area contributed by atoms with Gasteiger partial charge in [-0.25, -0.2) is 0 Å². The first-order valence-electron chi connectivity index (χ1n) is 14.1. The van der Waals surface area contributed by atoms with E-state index in [1.54, 1.807) is 4.57 Å². The standard InChI is InChI=1S/C30H36N6O2/c37-28(34-20-16-24(17-21-34)33-18-7-2-8-19-33)14-13-27-31-32-30-35(22-15-23-9-3-1-4-10-23)29(38)25-11-5-6-12-26(25)36(27)30/h1,3-6,9-12,24H,2,7-8,13-22H2. The number of carbonyl (C=O) groups is 1. The van der Waals surface area contributed by atoms with Crippen LogP contribution in [0.25, 0.3) is 16.7 Å². The lowest BCUT2D eigenvalue weighted by molar-refractivity contribution is -0.132. The first kappa shape index (κ1) is 24.8. The number of fused-ring (bicyclic) bond motifs is 3. The van der Waals surface area contributed by atoms with Crippen LogP contribution in [0, 0.1) is 0 Å². The molecule has 0 radical (unpaired) electrons. The molecular formula is C30H36N6O2. The van der Waals surface area contributed by atoms with Crippen LogP contribution in [0.4, 0.5) is 0 Å². The van der Waals surface area contributed by atoms with Gasteiger partial charge in [-0.3, -0.25) is 18.6 Å². The Kier molecular flexibility index (Phi) is 7.22. The molecule has 0 bridgehead atoms. The number of amides is 1. The Labute approximate surface area is 222 Å². The zero-order valence-electron chi connectivity index (χ0n) is 22.0. The first-order chi connectivity index (χ1) is 18.7. The van der Waals surface area contributed by atoms with Crippen LogP contribution < -0.4 is 5.56 Å². The van der Waals surface area contributed by atoms with E-state index in [9.17, 15) is 9.59 Å². The molecule has 2 fully saturated rings. The molecule has 8 nitrogen and oxygen atoms in total. The van der Waals surface area contributed by atoms with Gasteiger partial charge in [-0.05, 0) is 62.9 Å². The monoisotopic (exact) mass is 512 g/mol. The van der Waals surface area contributed by atoms with E-state index in [1.165, 1.54) is 37.9 Å². The summed E-state index contributed by atoms with van der Waals surface area (Å²) in [6, 6.07) is 18.4. The van der Waals surface area contributed by atoms with E-state index in [-0.39, 0.29) is 11.5 Å². The Morgan fingerprint density at radius 1 is 0.842 bits per heavy atom. The highest BCUT2D eigenvalue weighted by Gasteiger charge is 2.28. The molecule has 0 atom stereocenters. The summed E-state index contributed by atoms with van der Waals surface area (Å²) >= 11 is 0. The van der Waals surface area contributed by atoms with E-state index in [4.69, 9.17) is 0 Å². The second-order valence-corrected chi connectivity index (χ2v) is 10.7. The molecule has 0 spiro atoms. The van der Waals surface area contributed by atoms with Gasteiger partial charge in [-0.2, -0.15) is 0 Å². The van der Waals surface area contributed by atoms with Crippen molar-refractivity contribution in [1.29, 1.82) is 0 Å². The number of benzene rings is 2. The van der Waals surface area contributed by atoms with E-state index in [0.29, 0.717) is 36.6 Å². The van der Waals surface area contributed by atoms with E-state index >= 15 is 0 Å². The van der Waals surface area contributed by atoms with Gasteiger partial charge in [0.05, 0.1) is 10.9 Å². The number of hydrogen-bond donors (Lipinski definition) is 0. The minimum absolute atomic E-state index is 0.0596. The Morgan fingerprint density at radius 2 is 1.58 bits per heavy atom. The maximum Gasteiger partial charge on any atom is 0.262 e. The number of aromatic nitrogens is 4. The smallest absolute Gasteiger partial charge is 0.262 e. The molecule has 198 valence electrons. The van der Waals surface area contributed by atoms with Crippen LogP contribution >= 0.6 is 0 Å². The van der Waals surface area contributed by atoms with Crippen molar-refractivity contribution in [2.45, 2.75) is 64.0 Å². The zero-order chi connectivity index (χ0) is 25.9. The number of rotatable bonds is 7. The largest absolute Gasteiger partial charge is 0.343 e. The maximum atomic E-state index is 13.4. The maximum absolute atomic E-state index is 13.4. The van der Waals surface area contributed by atoms with Crippen LogP contribution in [0.1, 0.15) is 49.9 Å². The molecular weight excluding hydrogens is 476 g/mol. The third-order valence-electron chi connectivity index (χ3n) is 8.33. The quantitative estimate of drug-likeness (QED) is 0.378. The van der Waals surface area contributed by atoms with Crippen molar-refractivity contribution in [3.8, 4) is 0 Å². The molecule has 1 amide bonds. The van der Waals surface area contributed by atoms with Gasteiger partial charge in [0.2, 0.25) is 11.7 Å². The predicted octanol–water partition coefficient (Wildman–Crippen LogP) is 3.70. The number of nitrogens with zero attached hydrogens (tertiary/aromatic N) is 6. The normalized spacial score (nSPS) is 17.4. The van der Waals surface area contributed by atoms with E-state index in [0.717, 1.165) is 43.7 Å². The minimum atomic E-state index is -0.0596. The fraction of sp³-hybridized carbons (Fsp3) is 0.467. The van der Waals surface area contributed by atoms with Gasteiger partial charge in [-0.15, -0.1) is 10.2 Å². The summed E-state index contributed by atoms with van der Waals surface area (Å²) in [5.74, 6) is 1.44. The summed E-state index contributed by atoms with van der Waals surface area (Å²) < 4.78 is 3.69. The van der Waals surface area contributed by atoms with Gasteiger partial charge in [0.15, 0.2) is 0 Å². The molecule has 6 rings (SSSR count). The van der Waals surface area contributed by atoms with Crippen LogP contribution in [-0.4, -0.2) is 67.1 Å². The SMILES string of the molecule is O=C(CCc1nnc2n(CCc3ccccc3)c(=O)c3ccccc3n12)N1CCC(N2CCCCC2)CC1. The molecule has 2 aliphatic heterocycles. The Balaban J connectivity index is 1.19. The average Bonchev–Trinajstić information content (AvgIpc) is 3.41. The fourth-order valence-electron chi connectivity index (χ4n) is 6.20. The molecule has 2 aromatic carbocycles. The molecule has 0 N–H and O–H groups in total. The van der Waals surface area contributed by atoms with Crippen LogP contribution in [0.3, 0.4) is 0 Å². The average molecular weight is 513 g/mol. The zero-order valence-corrected chi connectivity index (χ0v) is 22.0. The van der Waals surface area contributed by atoms with Crippen LogP contribution in [0.5, 0.6) is 0 Å². The van der Waals surface area contributed by atoms with Gasteiger partial charge in [0.1, 0.15) is 5.82 Å². The lowest BCUT2D eigenvalue weighted by Crippen LogP contribution is -2.48. The van der Waals surface area contributed by atoms with Crippen LogP contribution in [-0.2, 0) is 24.2 Å². The number of hydrogen-bond acceptors (Lipinski definition) is 5. The minimum Gasteiger partial charge on any atom is -0.343 e. The Bertz CT molecular complexity index is 1460. The molecule has 38 heavy (non-hydrogen) atoms. The summed E-state index contributed by atoms with van der Waals surface area (Å²) in [7, 11) is 0. The van der Waals surface area contributed by atoms with Gasteiger partial charge in [0.25, 0.3) is 5.56 Å². The van der Waals surface area contributed by atoms with Crippen LogP contribution in [0.2, 0.25) is 0 Å². The summed E-state index contributed by atoms with van der Waals surface area (Å²) in [5, 5.41) is 9.55. The molecule has 0 unspecified atom stereocenters. The highest BCUT2D eigenvalue weighted by molar-refractivity contribution is 5.80. The highest BCUT2D eigenvalue weighted by Crippen LogP contribution is 2.22. The van der Waals surface area contributed by atoms with Gasteiger partial charge in [-0.1, -0.05) is 48.9 Å². The van der Waals surface area contributed by atoms with Crippen molar-refractivity contribution in [2.75, 3.05) is 26.2 Å². The van der Waals surface area contributed by atoms with E-state index in [2.05, 4.69) is 27.2 Å². The summed E-state index contributed by atoms with van der Waals surface area (Å²) in [6.45, 7) is 4.61. The molecule has 4 heterocycles. The summed E-state index contributed by atoms with van der Waals surface area (Å²) in [6.07, 6.45) is 7.71. The molecule has 0 aliphatic carbocycles. The number of carbonyl (C=O) groups excluding carboxylic acids is 1. The second kappa shape index (κ2) is 11.1. The highest BCUT2D eigenvalue weighted by atomic mass is 16.2. The first-order valence-corrected chi connectivity index (χ1v) is 14.1. The molecule has 4 aromatic rings. The molecule has 2 aromatic heterocycles. The van der Waals surface area contributed by atoms with Crippen molar-refractivity contribution in [3.05, 3.63) is 76.3 Å². The summed E-state index contributed by atoms with van der Waals surface area (Å²) in [4.78, 5) is 31.2. The van der Waals surface area contributed by atoms with Crippen molar-refractivity contribution in [3.63, 3.8) is 0 Å². The Morgan fingerprint density at radius 3 is 2.37 bits per heavy atom. The second-order valence-electron chi connectivity index (χ2n) is 10.7. The molecule has 2 saturated heterocycles. The lowest BCUT2D eigenvalue weighted by atomic mass is 9.99. The van der Waals surface area contributed by atoms with Crippen molar-refractivity contribution < 1.29 is 4.79 Å². The summed E-state index contributed by atoms with van der Waals surface area (Å²) in [5.41, 5.74) is 1.90. The van der Waals surface area contributed by atoms with Gasteiger partial charge >= 0.3 is 0 Å². The van der Waals surface area contributed by atoms with Gasteiger partial charge < -0.3 is 9.80 Å². The number of para-hydroxylation sites is 1. The number of likely N-dealkylation sites (tertiary alicyclic amines) is 2. The predicted molar refractivity (Wildman–Crippen MR) is 148 cm³/mol. The molecule has 8 heteroatoms. The van der Waals surface area contributed by atoms with Crippen molar-refractivity contribution in [1.82, 2.24) is 29.0 Å². The lowest BCUT2D eigenvalue weighted by Gasteiger charge is -2.40. The number of aryl methyl sites for hydroxylation is 3. The Hall–Kier alpha value is -3.52. The van der Waals surface area contributed by atoms with E-state index < -0.39 is 0 Å². The van der Waals surface area contributed by atoms with Crippen molar-refractivity contribution >= 4 is 22.6 Å².